The Balaban J connectivity index is 1.96. The number of hydrogen-bond acceptors (Lipinski definition) is 2. The van der Waals surface area contributed by atoms with Gasteiger partial charge in [-0.3, -0.25) is 4.90 Å². The van der Waals surface area contributed by atoms with Crippen molar-refractivity contribution in [2.24, 2.45) is 0 Å². The maximum Gasteiger partial charge on any atom is 0.119 e. The predicted molar refractivity (Wildman–Crippen MR) is 69.3 cm³/mol. The molecule has 0 saturated carbocycles. The third kappa shape index (κ3) is 1.67. The van der Waals surface area contributed by atoms with E-state index >= 15 is 0 Å². The Kier molecular flexibility index (Phi) is 2.67. The molecule has 0 amide bonds. The molecule has 1 aromatic rings. The molecule has 2 aliphatic rings. The lowest BCUT2D eigenvalue weighted by Crippen LogP contribution is -2.35. The van der Waals surface area contributed by atoms with Crippen LogP contribution in [0.15, 0.2) is 30.9 Å². The first-order valence-electron chi connectivity index (χ1n) is 6.47. The van der Waals surface area contributed by atoms with Crippen LogP contribution in [-0.4, -0.2) is 29.1 Å². The Morgan fingerprint density at radius 2 is 2.29 bits per heavy atom. The van der Waals surface area contributed by atoms with Crippen LogP contribution >= 0.6 is 0 Å². The molecular weight excluding hydrogens is 210 g/mol. The molecule has 0 spiro atoms. The van der Waals surface area contributed by atoms with Crippen LogP contribution in [0.2, 0.25) is 0 Å². The molecular formula is C15H19NO. The second-order valence-corrected chi connectivity index (χ2v) is 5.13. The van der Waals surface area contributed by atoms with Crippen LogP contribution in [0.5, 0.6) is 5.75 Å². The third-order valence-corrected chi connectivity index (χ3v) is 4.28. The lowest BCUT2D eigenvalue weighted by atomic mass is 9.79. The molecule has 1 aromatic carbocycles. The average molecular weight is 229 g/mol. The summed E-state index contributed by atoms with van der Waals surface area (Å²) in [5, 5.41) is 10.1. The van der Waals surface area contributed by atoms with E-state index in [4.69, 9.17) is 0 Å². The van der Waals surface area contributed by atoms with Crippen molar-refractivity contribution in [1.82, 2.24) is 4.90 Å². The number of phenolic OH excluding ortho intramolecular Hbond substituents is 1. The number of fused-ring (bicyclic) bond motifs is 3. The van der Waals surface area contributed by atoms with Gasteiger partial charge >= 0.3 is 0 Å². The van der Waals surface area contributed by atoms with Crippen LogP contribution in [-0.2, 0) is 6.42 Å². The van der Waals surface area contributed by atoms with Gasteiger partial charge in [0, 0.05) is 24.1 Å². The molecule has 1 heterocycles. The molecule has 17 heavy (non-hydrogen) atoms. The molecule has 90 valence electrons. The van der Waals surface area contributed by atoms with Crippen molar-refractivity contribution in [3.63, 3.8) is 0 Å². The summed E-state index contributed by atoms with van der Waals surface area (Å²) in [6.45, 7) is 5.94. The molecule has 1 saturated heterocycles. The normalized spacial score (nSPS) is 27.5. The molecule has 3 rings (SSSR count). The standard InChI is InChI=1S/C15H19NO/c1-2-9-16-10-8-12-13(16)7-6-11-4-3-5-14(17)15(11)12/h2-5,12-13,17H,1,6-10H2/t12-,13-/m0/s1. The fourth-order valence-corrected chi connectivity index (χ4v) is 3.58. The summed E-state index contributed by atoms with van der Waals surface area (Å²) in [6, 6.07) is 6.57. The second-order valence-electron chi connectivity index (χ2n) is 5.13. The van der Waals surface area contributed by atoms with Crippen molar-refractivity contribution >= 4 is 0 Å². The highest BCUT2D eigenvalue weighted by molar-refractivity contribution is 5.45. The molecule has 2 nitrogen and oxygen atoms in total. The zero-order valence-electron chi connectivity index (χ0n) is 10.1. The maximum atomic E-state index is 10.1. The first-order valence-corrected chi connectivity index (χ1v) is 6.47. The number of phenols is 1. The summed E-state index contributed by atoms with van der Waals surface area (Å²) >= 11 is 0. The van der Waals surface area contributed by atoms with Gasteiger partial charge in [-0.2, -0.15) is 0 Å². The Morgan fingerprint density at radius 1 is 1.41 bits per heavy atom. The number of aromatic hydroxyl groups is 1. The lowest BCUT2D eigenvalue weighted by molar-refractivity contribution is 0.247. The summed E-state index contributed by atoms with van der Waals surface area (Å²) in [6.07, 6.45) is 5.47. The summed E-state index contributed by atoms with van der Waals surface area (Å²) in [5.74, 6) is 1.03. The van der Waals surface area contributed by atoms with Gasteiger partial charge in [-0.25, -0.2) is 0 Å². The number of likely N-dealkylation sites (tertiary alicyclic amines) is 1. The Morgan fingerprint density at radius 3 is 3.12 bits per heavy atom. The van der Waals surface area contributed by atoms with E-state index in [0.29, 0.717) is 17.7 Å². The zero-order valence-corrected chi connectivity index (χ0v) is 10.1. The van der Waals surface area contributed by atoms with Gasteiger partial charge < -0.3 is 5.11 Å². The van der Waals surface area contributed by atoms with Gasteiger partial charge in [-0.1, -0.05) is 18.2 Å². The van der Waals surface area contributed by atoms with Crippen molar-refractivity contribution in [2.75, 3.05) is 13.1 Å². The molecule has 1 aliphatic carbocycles. The summed E-state index contributed by atoms with van der Waals surface area (Å²) in [7, 11) is 0. The number of benzene rings is 1. The van der Waals surface area contributed by atoms with E-state index in [-0.39, 0.29) is 0 Å². The Bertz CT molecular complexity index is 441. The summed E-state index contributed by atoms with van der Waals surface area (Å²) in [5.41, 5.74) is 2.57. The molecule has 2 atom stereocenters. The van der Waals surface area contributed by atoms with E-state index in [9.17, 15) is 5.11 Å². The fraction of sp³-hybridized carbons (Fsp3) is 0.467. The van der Waals surface area contributed by atoms with Gasteiger partial charge in [0.05, 0.1) is 0 Å². The van der Waals surface area contributed by atoms with E-state index in [1.807, 2.05) is 18.2 Å². The van der Waals surface area contributed by atoms with Gasteiger partial charge in [0.1, 0.15) is 5.75 Å². The van der Waals surface area contributed by atoms with E-state index in [2.05, 4.69) is 17.5 Å². The number of nitrogens with zero attached hydrogens (tertiary/aromatic N) is 1. The van der Waals surface area contributed by atoms with E-state index in [1.54, 1.807) is 0 Å². The molecule has 1 N–H and O–H groups in total. The fourth-order valence-electron chi connectivity index (χ4n) is 3.58. The van der Waals surface area contributed by atoms with Gasteiger partial charge in [-0.15, -0.1) is 6.58 Å². The minimum absolute atomic E-state index is 0.498. The van der Waals surface area contributed by atoms with Crippen LogP contribution in [0.25, 0.3) is 0 Å². The van der Waals surface area contributed by atoms with Gasteiger partial charge in [0.25, 0.3) is 0 Å². The highest BCUT2D eigenvalue weighted by Crippen LogP contribution is 2.44. The quantitative estimate of drug-likeness (QED) is 0.788. The highest BCUT2D eigenvalue weighted by atomic mass is 16.3. The van der Waals surface area contributed by atoms with Crippen LogP contribution in [0, 0.1) is 0 Å². The highest BCUT2D eigenvalue weighted by Gasteiger charge is 2.39. The Hall–Kier alpha value is -1.28. The molecule has 0 bridgehead atoms. The number of hydrogen-bond donors (Lipinski definition) is 1. The van der Waals surface area contributed by atoms with E-state index in [0.717, 1.165) is 19.5 Å². The van der Waals surface area contributed by atoms with Crippen LogP contribution in [0.3, 0.4) is 0 Å². The Labute approximate surface area is 103 Å². The van der Waals surface area contributed by atoms with Gasteiger partial charge in [0.15, 0.2) is 0 Å². The van der Waals surface area contributed by atoms with E-state index in [1.165, 1.54) is 24.0 Å². The van der Waals surface area contributed by atoms with Gasteiger partial charge in [-0.05, 0) is 37.4 Å². The first-order chi connectivity index (χ1) is 8.31. The van der Waals surface area contributed by atoms with Crippen molar-refractivity contribution < 1.29 is 5.11 Å². The minimum Gasteiger partial charge on any atom is -0.508 e. The van der Waals surface area contributed by atoms with Crippen LogP contribution in [0.4, 0.5) is 0 Å². The smallest absolute Gasteiger partial charge is 0.119 e. The number of aryl methyl sites for hydroxylation is 1. The molecule has 2 heteroatoms. The van der Waals surface area contributed by atoms with E-state index < -0.39 is 0 Å². The maximum absolute atomic E-state index is 10.1. The van der Waals surface area contributed by atoms with Crippen molar-refractivity contribution in [3.8, 4) is 5.75 Å². The van der Waals surface area contributed by atoms with Crippen molar-refractivity contribution in [1.29, 1.82) is 0 Å². The predicted octanol–water partition coefficient (Wildman–Crippen LogP) is 2.68. The first kappa shape index (κ1) is 10.8. The zero-order chi connectivity index (χ0) is 11.8. The number of rotatable bonds is 2. The van der Waals surface area contributed by atoms with Crippen molar-refractivity contribution in [3.05, 3.63) is 42.0 Å². The lowest BCUT2D eigenvalue weighted by Gasteiger charge is -2.33. The molecule has 0 radical (unpaired) electrons. The minimum atomic E-state index is 0.498. The summed E-state index contributed by atoms with van der Waals surface area (Å²) in [4.78, 5) is 2.51. The average Bonchev–Trinajstić information content (AvgIpc) is 2.73. The van der Waals surface area contributed by atoms with Gasteiger partial charge in [0.2, 0.25) is 0 Å². The summed E-state index contributed by atoms with van der Waals surface area (Å²) < 4.78 is 0. The molecule has 0 unspecified atom stereocenters. The SMILES string of the molecule is C=CCN1CC[C@@H]2c3c(O)cccc3CC[C@@H]21. The molecule has 1 aliphatic heterocycles. The monoisotopic (exact) mass is 229 g/mol. The third-order valence-electron chi connectivity index (χ3n) is 4.28. The van der Waals surface area contributed by atoms with Crippen LogP contribution in [0.1, 0.15) is 29.9 Å². The van der Waals surface area contributed by atoms with Crippen LogP contribution < -0.4 is 0 Å². The van der Waals surface area contributed by atoms with Crippen molar-refractivity contribution in [2.45, 2.75) is 31.2 Å². The molecule has 1 fully saturated rings. The largest absolute Gasteiger partial charge is 0.508 e. The second kappa shape index (κ2) is 4.19. The topological polar surface area (TPSA) is 23.5 Å². The molecule has 0 aromatic heterocycles.